The van der Waals surface area contributed by atoms with Crippen molar-refractivity contribution in [3.05, 3.63) is 6.33 Å². The molecule has 1 aromatic heterocycles. The highest BCUT2D eigenvalue weighted by Gasteiger charge is 2.36. The van der Waals surface area contributed by atoms with Crippen molar-refractivity contribution in [2.45, 2.75) is 55.0 Å². The molecule has 0 saturated heterocycles. The number of aliphatic hydroxyl groups excluding tert-OH is 1. The van der Waals surface area contributed by atoms with Crippen molar-refractivity contribution in [1.29, 1.82) is 0 Å². The third-order valence-corrected chi connectivity index (χ3v) is 5.11. The molecule has 1 saturated carbocycles. The van der Waals surface area contributed by atoms with Gasteiger partial charge in [-0.15, -0.1) is 0 Å². The number of nitrogens with one attached hydrogen (secondary N) is 1. The maximum Gasteiger partial charge on any atom is 0.186 e. The average molecular weight is 284 g/mol. The minimum absolute atomic E-state index is 0.0927. The Morgan fingerprint density at radius 1 is 1.63 bits per heavy atom. The topological polar surface area (TPSA) is 63.0 Å². The van der Waals surface area contributed by atoms with E-state index >= 15 is 0 Å². The van der Waals surface area contributed by atoms with Crippen molar-refractivity contribution >= 4 is 11.8 Å². The quantitative estimate of drug-likeness (QED) is 0.830. The summed E-state index contributed by atoms with van der Waals surface area (Å²) in [5.41, 5.74) is -0.0927. The Labute approximate surface area is 119 Å². The zero-order valence-corrected chi connectivity index (χ0v) is 12.6. The molecule has 0 aromatic carbocycles. The third kappa shape index (κ3) is 3.70. The van der Waals surface area contributed by atoms with Gasteiger partial charge in [-0.2, -0.15) is 5.10 Å². The Bertz CT molecular complexity index is 398. The van der Waals surface area contributed by atoms with Crippen LogP contribution in [-0.4, -0.2) is 43.8 Å². The van der Waals surface area contributed by atoms with Gasteiger partial charge in [0.25, 0.3) is 0 Å². The number of aryl methyl sites for hydroxylation is 1. The first kappa shape index (κ1) is 14.8. The van der Waals surface area contributed by atoms with E-state index in [1.54, 1.807) is 18.1 Å². The summed E-state index contributed by atoms with van der Waals surface area (Å²) in [7, 11) is 1.92. The Balaban J connectivity index is 1.97. The predicted molar refractivity (Wildman–Crippen MR) is 77.2 cm³/mol. The molecule has 1 aliphatic carbocycles. The van der Waals surface area contributed by atoms with Crippen LogP contribution in [0.25, 0.3) is 0 Å². The van der Waals surface area contributed by atoms with Crippen LogP contribution in [0.2, 0.25) is 0 Å². The molecule has 2 rings (SSSR count). The molecule has 1 heterocycles. The number of nitrogens with zero attached hydrogens (tertiary/aromatic N) is 3. The highest BCUT2D eigenvalue weighted by atomic mass is 32.2. The molecule has 19 heavy (non-hydrogen) atoms. The molecule has 2 atom stereocenters. The van der Waals surface area contributed by atoms with Crippen LogP contribution in [0, 0.1) is 0 Å². The monoisotopic (exact) mass is 284 g/mol. The van der Waals surface area contributed by atoms with Gasteiger partial charge in [-0.3, -0.25) is 0 Å². The molecule has 5 nitrogen and oxygen atoms in total. The molecule has 0 radical (unpaired) electrons. The highest BCUT2D eigenvalue weighted by Crippen LogP contribution is 2.37. The van der Waals surface area contributed by atoms with Crippen LogP contribution in [0.4, 0.5) is 0 Å². The standard InChI is InChI=1S/C13H24N4OS/c1-3-7-15-13(9-18)6-4-5-11(8-13)19-12-14-10-16-17(12)2/h10-11,15,18H,3-9H2,1-2H3. The van der Waals surface area contributed by atoms with Crippen molar-refractivity contribution in [2.24, 2.45) is 7.05 Å². The van der Waals surface area contributed by atoms with Gasteiger partial charge < -0.3 is 10.4 Å². The van der Waals surface area contributed by atoms with E-state index in [4.69, 9.17) is 0 Å². The highest BCUT2D eigenvalue weighted by molar-refractivity contribution is 7.99. The molecule has 0 amide bonds. The first-order chi connectivity index (χ1) is 9.19. The second kappa shape index (κ2) is 6.72. The van der Waals surface area contributed by atoms with E-state index in [2.05, 4.69) is 22.3 Å². The van der Waals surface area contributed by atoms with Gasteiger partial charge in [-0.05, 0) is 32.2 Å². The number of rotatable bonds is 6. The van der Waals surface area contributed by atoms with Crippen LogP contribution in [0.5, 0.6) is 0 Å². The Hall–Kier alpha value is -0.590. The molecule has 0 spiro atoms. The third-order valence-electron chi connectivity index (χ3n) is 3.79. The number of aliphatic hydroxyl groups is 1. The summed E-state index contributed by atoms with van der Waals surface area (Å²) in [5, 5.41) is 18.9. The molecule has 1 aliphatic rings. The maximum atomic E-state index is 9.76. The molecule has 0 aliphatic heterocycles. The molecule has 0 bridgehead atoms. The zero-order valence-electron chi connectivity index (χ0n) is 11.8. The Morgan fingerprint density at radius 3 is 3.11 bits per heavy atom. The van der Waals surface area contributed by atoms with Gasteiger partial charge in [-0.1, -0.05) is 25.1 Å². The van der Waals surface area contributed by atoms with Crippen LogP contribution in [0.15, 0.2) is 11.5 Å². The smallest absolute Gasteiger partial charge is 0.186 e. The lowest BCUT2D eigenvalue weighted by Crippen LogP contribution is -2.52. The minimum atomic E-state index is -0.0927. The zero-order chi connectivity index (χ0) is 13.7. The first-order valence-corrected chi connectivity index (χ1v) is 7.93. The molecule has 2 N–H and O–H groups in total. The van der Waals surface area contributed by atoms with Gasteiger partial charge in [-0.25, -0.2) is 9.67 Å². The average Bonchev–Trinajstić information content (AvgIpc) is 2.82. The van der Waals surface area contributed by atoms with Crippen molar-refractivity contribution in [1.82, 2.24) is 20.1 Å². The Kier molecular flexibility index (Phi) is 5.24. The second-order valence-electron chi connectivity index (χ2n) is 5.37. The summed E-state index contributed by atoms with van der Waals surface area (Å²) in [6, 6.07) is 0. The van der Waals surface area contributed by atoms with Crippen LogP contribution in [-0.2, 0) is 7.05 Å². The predicted octanol–water partition coefficient (Wildman–Crippen LogP) is 1.58. The lowest BCUT2D eigenvalue weighted by molar-refractivity contribution is 0.124. The molecule has 1 fully saturated rings. The van der Waals surface area contributed by atoms with Gasteiger partial charge in [0.15, 0.2) is 5.16 Å². The van der Waals surface area contributed by atoms with Crippen molar-refractivity contribution in [2.75, 3.05) is 13.2 Å². The molecule has 6 heteroatoms. The summed E-state index contributed by atoms with van der Waals surface area (Å²) in [5.74, 6) is 0. The molecule has 108 valence electrons. The summed E-state index contributed by atoms with van der Waals surface area (Å²) >= 11 is 1.79. The minimum Gasteiger partial charge on any atom is -0.394 e. The van der Waals surface area contributed by atoms with Gasteiger partial charge >= 0.3 is 0 Å². The normalized spacial score (nSPS) is 27.6. The molecule has 2 unspecified atom stereocenters. The SMILES string of the molecule is CCCNC1(CO)CCCC(Sc2ncnn2C)C1. The number of aromatic nitrogens is 3. The number of thioether (sulfide) groups is 1. The van der Waals surface area contributed by atoms with Crippen LogP contribution < -0.4 is 5.32 Å². The van der Waals surface area contributed by atoms with E-state index < -0.39 is 0 Å². The van der Waals surface area contributed by atoms with Crippen LogP contribution in [0.3, 0.4) is 0 Å². The van der Waals surface area contributed by atoms with Gasteiger partial charge in [0, 0.05) is 17.8 Å². The van der Waals surface area contributed by atoms with E-state index in [9.17, 15) is 5.11 Å². The number of hydrogen-bond donors (Lipinski definition) is 2. The van der Waals surface area contributed by atoms with Gasteiger partial charge in [0.1, 0.15) is 6.33 Å². The summed E-state index contributed by atoms with van der Waals surface area (Å²) < 4.78 is 1.82. The summed E-state index contributed by atoms with van der Waals surface area (Å²) in [4.78, 5) is 4.28. The summed E-state index contributed by atoms with van der Waals surface area (Å²) in [6.07, 6.45) is 7.11. The number of hydrogen-bond acceptors (Lipinski definition) is 5. The first-order valence-electron chi connectivity index (χ1n) is 7.05. The Morgan fingerprint density at radius 2 is 2.47 bits per heavy atom. The van der Waals surface area contributed by atoms with Gasteiger partial charge in [0.2, 0.25) is 0 Å². The maximum absolute atomic E-state index is 9.76. The van der Waals surface area contributed by atoms with E-state index in [-0.39, 0.29) is 12.1 Å². The fraction of sp³-hybridized carbons (Fsp3) is 0.846. The largest absolute Gasteiger partial charge is 0.394 e. The van der Waals surface area contributed by atoms with Crippen LogP contribution in [0.1, 0.15) is 39.0 Å². The van der Waals surface area contributed by atoms with Gasteiger partial charge in [0.05, 0.1) is 6.61 Å². The summed E-state index contributed by atoms with van der Waals surface area (Å²) in [6.45, 7) is 3.36. The van der Waals surface area contributed by atoms with E-state index in [1.165, 1.54) is 6.42 Å². The van der Waals surface area contributed by atoms with E-state index in [1.807, 2.05) is 11.7 Å². The lowest BCUT2D eigenvalue weighted by atomic mass is 9.82. The lowest BCUT2D eigenvalue weighted by Gasteiger charge is -2.40. The van der Waals surface area contributed by atoms with E-state index in [0.29, 0.717) is 5.25 Å². The van der Waals surface area contributed by atoms with Crippen molar-refractivity contribution in [3.63, 3.8) is 0 Å². The molecular weight excluding hydrogens is 260 g/mol. The van der Waals surface area contributed by atoms with Crippen molar-refractivity contribution < 1.29 is 5.11 Å². The fourth-order valence-electron chi connectivity index (χ4n) is 2.70. The van der Waals surface area contributed by atoms with E-state index in [0.717, 1.165) is 37.4 Å². The second-order valence-corrected chi connectivity index (χ2v) is 6.64. The molecular formula is C13H24N4OS. The van der Waals surface area contributed by atoms with Crippen LogP contribution >= 0.6 is 11.8 Å². The fourth-order valence-corrected chi connectivity index (χ4v) is 3.99. The molecule has 1 aromatic rings. The van der Waals surface area contributed by atoms with Crippen molar-refractivity contribution in [3.8, 4) is 0 Å².